The largest absolute Gasteiger partial charge is 0.497 e. The number of anilines is 1. The summed E-state index contributed by atoms with van der Waals surface area (Å²) in [6, 6.07) is 14.7. The van der Waals surface area contributed by atoms with E-state index in [-0.39, 0.29) is 16.5 Å². The van der Waals surface area contributed by atoms with Crippen molar-refractivity contribution in [2.24, 2.45) is 0 Å². The van der Waals surface area contributed by atoms with E-state index in [2.05, 4.69) is 5.32 Å². The molecule has 0 saturated heterocycles. The summed E-state index contributed by atoms with van der Waals surface area (Å²) < 4.78 is 73.9. The monoisotopic (exact) mass is 597 g/mol. The van der Waals surface area contributed by atoms with Gasteiger partial charge in [0.15, 0.2) is 0 Å². The van der Waals surface area contributed by atoms with Crippen LogP contribution >= 0.6 is 11.6 Å². The molecule has 13 heteroatoms. The first-order valence-corrected chi connectivity index (χ1v) is 13.7. The average Bonchev–Trinajstić information content (AvgIpc) is 2.94. The average molecular weight is 598 g/mol. The number of amides is 2. The third kappa shape index (κ3) is 7.05. The minimum atomic E-state index is -4.81. The third-order valence-corrected chi connectivity index (χ3v) is 8.15. The molecule has 3 aromatic carbocycles. The lowest BCUT2D eigenvalue weighted by atomic mass is 10.1. The lowest BCUT2D eigenvalue weighted by Gasteiger charge is -2.32. The number of ether oxygens (including phenoxy) is 1. The number of carbonyl (C=O) groups is 2. The Labute approximate surface area is 235 Å². The van der Waals surface area contributed by atoms with Gasteiger partial charge in [0.2, 0.25) is 11.8 Å². The molecule has 1 N–H and O–H groups in total. The van der Waals surface area contributed by atoms with Crippen LogP contribution in [0.1, 0.15) is 18.1 Å². The van der Waals surface area contributed by atoms with Crippen LogP contribution in [0.15, 0.2) is 77.7 Å². The van der Waals surface area contributed by atoms with Gasteiger partial charge in [0.1, 0.15) is 18.3 Å². The number of nitrogens with one attached hydrogen (secondary N) is 1. The SMILES string of the molecule is CNC(=O)[C@H](C)N(Cc1cccc(OC)c1)C(=O)CN(c1cc(C(F)(F)F)ccc1Cl)S(=O)(=O)c1ccccc1. The minimum absolute atomic E-state index is 0.125. The van der Waals surface area contributed by atoms with Gasteiger partial charge in [0.05, 0.1) is 28.3 Å². The first-order valence-electron chi connectivity index (χ1n) is 11.9. The molecular weight excluding hydrogens is 571 g/mol. The maximum absolute atomic E-state index is 13.8. The Morgan fingerprint density at radius 1 is 1.02 bits per heavy atom. The van der Waals surface area contributed by atoms with Crippen molar-refractivity contribution in [1.29, 1.82) is 0 Å². The fourth-order valence-corrected chi connectivity index (χ4v) is 5.59. The first-order chi connectivity index (χ1) is 18.8. The van der Waals surface area contributed by atoms with E-state index in [4.69, 9.17) is 16.3 Å². The van der Waals surface area contributed by atoms with E-state index < -0.39 is 51.9 Å². The van der Waals surface area contributed by atoms with Crippen molar-refractivity contribution in [2.75, 3.05) is 25.0 Å². The Bertz CT molecular complexity index is 1470. The Morgan fingerprint density at radius 2 is 1.70 bits per heavy atom. The molecule has 0 unspecified atom stereocenters. The molecule has 0 aromatic heterocycles. The van der Waals surface area contributed by atoms with E-state index in [9.17, 15) is 31.2 Å². The Balaban J connectivity index is 2.13. The number of rotatable bonds is 10. The first kappa shape index (κ1) is 30.8. The van der Waals surface area contributed by atoms with E-state index in [0.29, 0.717) is 27.8 Å². The van der Waals surface area contributed by atoms with Crippen LogP contribution in [0, 0.1) is 0 Å². The van der Waals surface area contributed by atoms with Gasteiger partial charge >= 0.3 is 6.18 Å². The summed E-state index contributed by atoms with van der Waals surface area (Å²) >= 11 is 6.22. The number of nitrogens with zero attached hydrogens (tertiary/aromatic N) is 2. The number of carbonyl (C=O) groups excluding carboxylic acids is 2. The number of likely N-dealkylation sites (N-methyl/N-ethyl adjacent to an activating group) is 1. The van der Waals surface area contributed by atoms with E-state index in [1.165, 1.54) is 45.3 Å². The van der Waals surface area contributed by atoms with Gasteiger partial charge in [-0.15, -0.1) is 0 Å². The smallest absolute Gasteiger partial charge is 0.416 e. The number of benzene rings is 3. The van der Waals surface area contributed by atoms with Crippen molar-refractivity contribution in [3.05, 3.63) is 88.9 Å². The van der Waals surface area contributed by atoms with Crippen LogP contribution in [0.25, 0.3) is 0 Å². The van der Waals surface area contributed by atoms with Gasteiger partial charge in [0.25, 0.3) is 10.0 Å². The number of methoxy groups -OCH3 is 1. The van der Waals surface area contributed by atoms with E-state index in [1.54, 1.807) is 30.3 Å². The Kier molecular flexibility index (Phi) is 9.69. The molecule has 0 aliphatic carbocycles. The molecule has 0 spiro atoms. The highest BCUT2D eigenvalue weighted by Crippen LogP contribution is 2.37. The Morgan fingerprint density at radius 3 is 2.30 bits per heavy atom. The predicted molar refractivity (Wildman–Crippen MR) is 145 cm³/mol. The molecule has 40 heavy (non-hydrogen) atoms. The quantitative estimate of drug-likeness (QED) is 0.365. The molecule has 0 bridgehead atoms. The highest BCUT2D eigenvalue weighted by molar-refractivity contribution is 7.92. The van der Waals surface area contributed by atoms with Crippen LogP contribution in [-0.2, 0) is 32.3 Å². The van der Waals surface area contributed by atoms with Gasteiger partial charge in [-0.2, -0.15) is 13.2 Å². The van der Waals surface area contributed by atoms with Crippen LogP contribution in [-0.4, -0.2) is 51.9 Å². The van der Waals surface area contributed by atoms with Gasteiger partial charge in [-0.05, 0) is 55.0 Å². The summed E-state index contributed by atoms with van der Waals surface area (Å²) in [5, 5.41) is 2.13. The Hall–Kier alpha value is -3.77. The van der Waals surface area contributed by atoms with Crippen molar-refractivity contribution in [2.45, 2.75) is 30.6 Å². The molecule has 0 radical (unpaired) electrons. The minimum Gasteiger partial charge on any atom is -0.497 e. The van der Waals surface area contributed by atoms with Gasteiger partial charge in [-0.25, -0.2) is 8.42 Å². The highest BCUT2D eigenvalue weighted by Gasteiger charge is 2.36. The summed E-state index contributed by atoms with van der Waals surface area (Å²) in [6.45, 7) is 0.383. The normalized spacial score (nSPS) is 12.4. The van der Waals surface area contributed by atoms with Crippen LogP contribution < -0.4 is 14.4 Å². The van der Waals surface area contributed by atoms with Crippen molar-refractivity contribution >= 4 is 39.1 Å². The zero-order valence-electron chi connectivity index (χ0n) is 21.8. The molecule has 0 aliphatic rings. The van der Waals surface area contributed by atoms with Crippen LogP contribution in [0.4, 0.5) is 18.9 Å². The van der Waals surface area contributed by atoms with Gasteiger partial charge in [-0.3, -0.25) is 13.9 Å². The number of sulfonamides is 1. The molecule has 3 rings (SSSR count). The second kappa shape index (κ2) is 12.6. The molecule has 0 saturated carbocycles. The maximum Gasteiger partial charge on any atom is 0.416 e. The maximum atomic E-state index is 13.8. The van der Waals surface area contributed by atoms with Crippen LogP contribution in [0.3, 0.4) is 0 Å². The lowest BCUT2D eigenvalue weighted by Crippen LogP contribution is -2.50. The molecule has 1 atom stereocenters. The van der Waals surface area contributed by atoms with Crippen LogP contribution in [0.5, 0.6) is 5.75 Å². The third-order valence-electron chi connectivity index (χ3n) is 6.05. The molecule has 2 amide bonds. The molecule has 0 aliphatic heterocycles. The summed E-state index contributed by atoms with van der Waals surface area (Å²) in [4.78, 5) is 27.2. The van der Waals surface area contributed by atoms with Crippen molar-refractivity contribution in [1.82, 2.24) is 10.2 Å². The highest BCUT2D eigenvalue weighted by atomic mass is 35.5. The molecule has 8 nitrogen and oxygen atoms in total. The molecular formula is C27H27ClF3N3O5S. The molecule has 214 valence electrons. The predicted octanol–water partition coefficient (Wildman–Crippen LogP) is 4.73. The topological polar surface area (TPSA) is 96.0 Å². The van der Waals surface area contributed by atoms with Gasteiger partial charge in [-0.1, -0.05) is 41.9 Å². The number of halogens is 4. The van der Waals surface area contributed by atoms with Crippen LogP contribution in [0.2, 0.25) is 5.02 Å². The second-order valence-electron chi connectivity index (χ2n) is 8.65. The fourth-order valence-electron chi connectivity index (χ4n) is 3.87. The second-order valence-corrected chi connectivity index (χ2v) is 10.9. The van der Waals surface area contributed by atoms with Crippen molar-refractivity contribution < 1.29 is 35.9 Å². The molecule has 3 aromatic rings. The summed E-state index contributed by atoms with van der Waals surface area (Å²) in [5.41, 5.74) is -1.12. The van der Waals surface area contributed by atoms with E-state index in [0.717, 1.165) is 11.0 Å². The summed E-state index contributed by atoms with van der Waals surface area (Å²) in [7, 11) is -1.75. The number of hydrogen-bond donors (Lipinski definition) is 1. The lowest BCUT2D eigenvalue weighted by molar-refractivity contribution is -0.139. The standard InChI is InChI=1S/C27H27ClF3N3O5S/c1-18(26(36)32-2)33(16-19-8-7-9-21(14-19)39-3)25(35)17-34(40(37,38)22-10-5-4-6-11-22)24-15-20(27(29,30)31)12-13-23(24)28/h4-15,18H,16-17H2,1-3H3,(H,32,36)/t18-/m0/s1. The van der Waals surface area contributed by atoms with Gasteiger partial charge < -0.3 is 15.0 Å². The number of hydrogen-bond acceptors (Lipinski definition) is 5. The van der Waals surface area contributed by atoms with E-state index in [1.807, 2.05) is 0 Å². The fraction of sp³-hybridized carbons (Fsp3) is 0.259. The van der Waals surface area contributed by atoms with Crippen molar-refractivity contribution in [3.8, 4) is 5.75 Å². The summed E-state index contributed by atoms with van der Waals surface area (Å²) in [6.07, 6.45) is -4.81. The summed E-state index contributed by atoms with van der Waals surface area (Å²) in [5.74, 6) is -0.903. The van der Waals surface area contributed by atoms with Gasteiger partial charge in [0, 0.05) is 13.6 Å². The zero-order valence-corrected chi connectivity index (χ0v) is 23.3. The van der Waals surface area contributed by atoms with E-state index >= 15 is 0 Å². The van der Waals surface area contributed by atoms with Crippen molar-refractivity contribution in [3.63, 3.8) is 0 Å². The number of alkyl halides is 3. The zero-order chi connectivity index (χ0) is 29.7. The molecule has 0 heterocycles. The molecule has 0 fully saturated rings.